The van der Waals surface area contributed by atoms with Crippen molar-refractivity contribution in [2.75, 3.05) is 5.32 Å². The van der Waals surface area contributed by atoms with Crippen LogP contribution in [0.2, 0.25) is 0 Å². The number of para-hydroxylation sites is 1. The highest BCUT2D eigenvalue weighted by Gasteiger charge is 2.18. The van der Waals surface area contributed by atoms with Crippen molar-refractivity contribution in [2.24, 2.45) is 5.14 Å². The van der Waals surface area contributed by atoms with Crippen LogP contribution in [0.3, 0.4) is 0 Å². The Morgan fingerprint density at radius 2 is 1.64 bits per heavy atom. The van der Waals surface area contributed by atoms with E-state index in [-0.39, 0.29) is 5.76 Å². The zero-order chi connectivity index (χ0) is 17.9. The number of carbonyl (C=O) groups excluding carboxylic acids is 1. The summed E-state index contributed by atoms with van der Waals surface area (Å²) in [6, 6.07) is 19.4. The molecule has 128 valence electrons. The lowest BCUT2D eigenvalue weighted by Crippen LogP contribution is -2.13. The molecule has 0 atom stereocenters. The average Bonchev–Trinajstić information content (AvgIpc) is 3.08. The molecule has 1 aromatic heterocycles. The number of carbonyl (C=O) groups is 1. The van der Waals surface area contributed by atoms with E-state index in [1.807, 2.05) is 42.5 Å². The maximum atomic E-state index is 12.3. The highest BCUT2D eigenvalue weighted by molar-refractivity contribution is 7.99. The summed E-state index contributed by atoms with van der Waals surface area (Å²) in [7, 11) is -3.99. The molecule has 0 aliphatic rings. The largest absolute Gasteiger partial charge is 0.438 e. The second kappa shape index (κ2) is 7.14. The summed E-state index contributed by atoms with van der Waals surface area (Å²) in [5.41, 5.74) is 0.593. The second-order valence-corrected chi connectivity index (χ2v) is 7.64. The van der Waals surface area contributed by atoms with E-state index < -0.39 is 21.0 Å². The molecule has 0 spiro atoms. The topological polar surface area (TPSA) is 102 Å². The lowest BCUT2D eigenvalue weighted by atomic mass is 10.3. The number of hydrogen-bond donors (Lipinski definition) is 2. The highest BCUT2D eigenvalue weighted by Crippen LogP contribution is 2.33. The molecule has 8 heteroatoms. The number of rotatable bonds is 5. The Kier molecular flexibility index (Phi) is 4.93. The van der Waals surface area contributed by atoms with Gasteiger partial charge >= 0.3 is 0 Å². The molecule has 3 aromatic rings. The Balaban J connectivity index is 1.81. The number of benzene rings is 2. The van der Waals surface area contributed by atoms with E-state index in [0.717, 1.165) is 15.9 Å². The third kappa shape index (κ3) is 4.30. The number of nitrogens with one attached hydrogen (secondary N) is 1. The lowest BCUT2D eigenvalue weighted by molar-refractivity contribution is 0.0991. The van der Waals surface area contributed by atoms with Crippen molar-refractivity contribution in [3.05, 3.63) is 72.5 Å². The molecule has 0 fully saturated rings. The maximum Gasteiger partial charge on any atom is 0.291 e. The molecule has 25 heavy (non-hydrogen) atoms. The van der Waals surface area contributed by atoms with Crippen LogP contribution >= 0.6 is 11.8 Å². The minimum atomic E-state index is -3.99. The molecular formula is C17H14N2O4S2. The van der Waals surface area contributed by atoms with Gasteiger partial charge in [-0.25, -0.2) is 13.6 Å². The smallest absolute Gasteiger partial charge is 0.291 e. The van der Waals surface area contributed by atoms with Gasteiger partial charge in [0, 0.05) is 9.79 Å². The van der Waals surface area contributed by atoms with E-state index in [9.17, 15) is 13.2 Å². The number of furan rings is 1. The SMILES string of the molecule is NS(=O)(=O)c1ccc(C(=O)Nc2ccccc2Sc2ccccc2)o1. The summed E-state index contributed by atoms with van der Waals surface area (Å²) in [5.74, 6) is -0.695. The Morgan fingerprint density at radius 1 is 0.960 bits per heavy atom. The van der Waals surface area contributed by atoms with Crippen LogP contribution < -0.4 is 10.5 Å². The fourth-order valence-corrected chi connectivity index (χ4v) is 3.44. The third-order valence-electron chi connectivity index (χ3n) is 3.19. The van der Waals surface area contributed by atoms with Gasteiger partial charge in [-0.2, -0.15) is 0 Å². The number of nitrogens with two attached hydrogens (primary N) is 1. The Hall–Kier alpha value is -2.55. The van der Waals surface area contributed by atoms with Gasteiger partial charge < -0.3 is 9.73 Å². The number of primary sulfonamides is 1. The minimum Gasteiger partial charge on any atom is -0.438 e. The van der Waals surface area contributed by atoms with Crippen LogP contribution in [0, 0.1) is 0 Å². The minimum absolute atomic E-state index is 0.136. The van der Waals surface area contributed by atoms with Gasteiger partial charge in [0.05, 0.1) is 5.69 Å². The first-order chi connectivity index (χ1) is 11.9. The lowest BCUT2D eigenvalue weighted by Gasteiger charge is -2.09. The summed E-state index contributed by atoms with van der Waals surface area (Å²) in [6.45, 7) is 0. The van der Waals surface area contributed by atoms with Crippen molar-refractivity contribution >= 4 is 33.4 Å². The molecule has 3 rings (SSSR count). The molecule has 0 saturated heterocycles. The molecule has 0 aliphatic carbocycles. The number of hydrogen-bond acceptors (Lipinski definition) is 5. The Labute approximate surface area is 149 Å². The molecular weight excluding hydrogens is 360 g/mol. The van der Waals surface area contributed by atoms with Crippen LogP contribution in [0.25, 0.3) is 0 Å². The van der Waals surface area contributed by atoms with Crippen molar-refractivity contribution in [1.29, 1.82) is 0 Å². The zero-order valence-corrected chi connectivity index (χ0v) is 14.5. The Morgan fingerprint density at radius 3 is 2.32 bits per heavy atom. The van der Waals surface area contributed by atoms with Crippen LogP contribution in [0.1, 0.15) is 10.6 Å². The van der Waals surface area contributed by atoms with Crippen molar-refractivity contribution in [3.63, 3.8) is 0 Å². The summed E-state index contributed by atoms with van der Waals surface area (Å²) >= 11 is 1.50. The Bertz CT molecular complexity index is 998. The molecule has 2 aromatic carbocycles. The standard InChI is InChI=1S/C17H14N2O4S2/c18-25(21,22)16-11-10-14(23-16)17(20)19-13-8-4-5-9-15(13)24-12-6-2-1-3-7-12/h1-11H,(H,19,20)(H2,18,21,22). The fourth-order valence-electron chi connectivity index (χ4n) is 2.05. The normalized spacial score (nSPS) is 11.2. The van der Waals surface area contributed by atoms with Crippen LogP contribution in [0.4, 0.5) is 5.69 Å². The average molecular weight is 374 g/mol. The molecule has 0 unspecified atom stereocenters. The number of anilines is 1. The zero-order valence-electron chi connectivity index (χ0n) is 12.9. The molecule has 0 aliphatic heterocycles. The van der Waals surface area contributed by atoms with Crippen LogP contribution in [-0.4, -0.2) is 14.3 Å². The van der Waals surface area contributed by atoms with Crippen molar-refractivity contribution in [1.82, 2.24) is 0 Å². The first-order valence-electron chi connectivity index (χ1n) is 7.19. The van der Waals surface area contributed by atoms with E-state index in [1.54, 1.807) is 12.1 Å². The first kappa shape index (κ1) is 17.3. The summed E-state index contributed by atoms with van der Waals surface area (Å²) in [4.78, 5) is 14.2. The molecule has 3 N–H and O–H groups in total. The van der Waals surface area contributed by atoms with Crippen molar-refractivity contribution in [3.8, 4) is 0 Å². The highest BCUT2D eigenvalue weighted by atomic mass is 32.2. The van der Waals surface area contributed by atoms with Gasteiger partial charge in [0.2, 0.25) is 5.09 Å². The predicted octanol–water partition coefficient (Wildman–Crippen LogP) is 3.33. The van der Waals surface area contributed by atoms with Gasteiger partial charge in [-0.05, 0) is 36.4 Å². The van der Waals surface area contributed by atoms with Crippen LogP contribution in [0.15, 0.2) is 86.0 Å². The molecule has 0 saturated carbocycles. The quantitative estimate of drug-likeness (QED) is 0.713. The van der Waals surface area contributed by atoms with Crippen molar-refractivity contribution in [2.45, 2.75) is 14.9 Å². The summed E-state index contributed by atoms with van der Waals surface area (Å²) in [5, 5.41) is 7.24. The van der Waals surface area contributed by atoms with Crippen molar-refractivity contribution < 1.29 is 17.6 Å². The predicted molar refractivity (Wildman–Crippen MR) is 95.0 cm³/mol. The summed E-state index contributed by atoms with van der Waals surface area (Å²) < 4.78 is 27.5. The molecule has 1 heterocycles. The third-order valence-corrected chi connectivity index (χ3v) is 5.06. The van der Waals surface area contributed by atoms with Gasteiger partial charge in [0.25, 0.3) is 15.9 Å². The maximum absolute atomic E-state index is 12.3. The molecule has 0 bridgehead atoms. The number of amides is 1. The van der Waals surface area contributed by atoms with E-state index in [1.165, 1.54) is 17.8 Å². The first-order valence-corrected chi connectivity index (χ1v) is 9.56. The van der Waals surface area contributed by atoms with Gasteiger partial charge in [-0.3, -0.25) is 4.79 Å². The van der Waals surface area contributed by atoms with E-state index in [4.69, 9.17) is 9.56 Å². The van der Waals surface area contributed by atoms with Gasteiger partial charge in [0.15, 0.2) is 5.76 Å². The van der Waals surface area contributed by atoms with Crippen LogP contribution in [-0.2, 0) is 10.0 Å². The van der Waals surface area contributed by atoms with E-state index in [0.29, 0.717) is 5.69 Å². The van der Waals surface area contributed by atoms with E-state index >= 15 is 0 Å². The van der Waals surface area contributed by atoms with Crippen LogP contribution in [0.5, 0.6) is 0 Å². The molecule has 6 nitrogen and oxygen atoms in total. The molecule has 0 radical (unpaired) electrons. The number of sulfonamides is 1. The second-order valence-electron chi connectivity index (χ2n) is 5.03. The monoisotopic (exact) mass is 374 g/mol. The van der Waals surface area contributed by atoms with Gasteiger partial charge in [-0.1, -0.05) is 42.1 Å². The van der Waals surface area contributed by atoms with Gasteiger partial charge in [0.1, 0.15) is 0 Å². The summed E-state index contributed by atoms with van der Waals surface area (Å²) in [6.07, 6.45) is 0. The molecule has 1 amide bonds. The van der Waals surface area contributed by atoms with E-state index in [2.05, 4.69) is 5.32 Å². The van der Waals surface area contributed by atoms with Gasteiger partial charge in [-0.15, -0.1) is 0 Å². The fraction of sp³-hybridized carbons (Fsp3) is 0.